The van der Waals surface area contributed by atoms with E-state index in [0.29, 0.717) is 58.2 Å². The zero-order chi connectivity index (χ0) is 106. The second-order valence-corrected chi connectivity index (χ2v) is 44.6. The van der Waals surface area contributed by atoms with Crippen molar-refractivity contribution in [3.63, 3.8) is 0 Å². The molecule has 0 heterocycles. The van der Waals surface area contributed by atoms with E-state index in [1.54, 1.807) is 60.7 Å². The molecular formula is C133H162O11. The Kier molecular flexibility index (Phi) is 42.9. The van der Waals surface area contributed by atoms with Gasteiger partial charge in [0.25, 0.3) is 0 Å². The van der Waals surface area contributed by atoms with Gasteiger partial charge in [-0.2, -0.15) is 0 Å². The summed E-state index contributed by atoms with van der Waals surface area (Å²) in [5.41, 5.74) is 24.9. The van der Waals surface area contributed by atoms with E-state index >= 15 is 0 Å². The predicted octanol–water partition coefficient (Wildman–Crippen LogP) is 28.2. The minimum Gasteiger partial charge on any atom is -0.290 e. The molecule has 0 spiro atoms. The molecule has 11 heteroatoms. The van der Waals surface area contributed by atoms with Crippen LogP contribution in [0.25, 0.3) is 0 Å². The zero-order valence-corrected chi connectivity index (χ0v) is 91.0. The van der Waals surface area contributed by atoms with Crippen LogP contribution in [0.15, 0.2) is 320 Å². The van der Waals surface area contributed by atoms with E-state index in [1.807, 2.05) is 240 Å². The Balaban J connectivity index is 0.000000176. The smallest absolute Gasteiger partial charge is 0.181 e. The van der Waals surface area contributed by atoms with Crippen LogP contribution >= 0.6 is 0 Å². The van der Waals surface area contributed by atoms with Gasteiger partial charge in [0, 0.05) is 0 Å². The van der Waals surface area contributed by atoms with Gasteiger partial charge >= 0.3 is 0 Å². The Morgan fingerprint density at radius 3 is 0.799 bits per heavy atom. The highest BCUT2D eigenvalue weighted by Crippen LogP contribution is 2.75. The van der Waals surface area contributed by atoms with E-state index in [9.17, 15) is 52.7 Å². The van der Waals surface area contributed by atoms with Crippen LogP contribution in [0.2, 0.25) is 0 Å². The molecule has 0 aliphatic heterocycles. The van der Waals surface area contributed by atoms with Crippen molar-refractivity contribution in [1.29, 1.82) is 0 Å². The number of fused-ring (bicyclic) bond motifs is 1. The molecule has 144 heavy (non-hydrogen) atoms. The number of hydrogen-bond donors (Lipinski definition) is 0. The van der Waals surface area contributed by atoms with Crippen molar-refractivity contribution in [1.82, 2.24) is 0 Å². The molecule has 760 valence electrons. The molecule has 0 radical (unpaired) electrons. The van der Waals surface area contributed by atoms with E-state index in [0.717, 1.165) is 139 Å². The first-order valence-electron chi connectivity index (χ1n) is 52.8. The molecule has 0 amide bonds. The number of hydrogen-bond acceptors (Lipinski definition) is 11. The Morgan fingerprint density at radius 2 is 0.535 bits per heavy atom. The second kappa shape index (κ2) is 53.6. The van der Waals surface area contributed by atoms with E-state index in [2.05, 4.69) is 139 Å². The lowest BCUT2D eigenvalue weighted by Crippen LogP contribution is -2.10. The fourth-order valence-corrected chi connectivity index (χ4v) is 17.5. The molecule has 8 saturated carbocycles. The predicted molar refractivity (Wildman–Crippen MR) is 605 cm³/mol. The highest BCUT2D eigenvalue weighted by Gasteiger charge is 2.70. The molecule has 19 rings (SSSR count). The Hall–Kier alpha value is -12.2. The van der Waals surface area contributed by atoms with Crippen molar-refractivity contribution in [2.45, 2.75) is 322 Å². The fraction of sp³-hybridized carbons (Fsp3) is 0.421. The molecule has 10 atom stereocenters. The Morgan fingerprint density at radius 1 is 0.299 bits per heavy atom. The molecule has 8 aliphatic rings. The summed E-state index contributed by atoms with van der Waals surface area (Å²) < 4.78 is 0. The van der Waals surface area contributed by atoms with Crippen LogP contribution in [0, 0.1) is 117 Å². The first-order valence-corrected chi connectivity index (χ1v) is 52.8. The van der Waals surface area contributed by atoms with Crippen LogP contribution in [-0.4, -0.2) is 0 Å². The molecule has 0 bridgehead atoms. The van der Waals surface area contributed by atoms with Gasteiger partial charge in [0.15, 0.2) is 59.7 Å². The number of rotatable bonds is 14. The molecular weight excluding hydrogens is 1770 g/mol. The summed E-state index contributed by atoms with van der Waals surface area (Å²) in [4.78, 5) is 126. The number of aryl methyl sites for hydroxylation is 11. The van der Waals surface area contributed by atoms with Gasteiger partial charge < -0.3 is 0 Å². The molecule has 8 aliphatic carbocycles. The topological polar surface area (TPSA) is 188 Å². The maximum atomic E-state index is 11.5. The van der Waals surface area contributed by atoms with Crippen LogP contribution < -0.4 is 59.7 Å². The first kappa shape index (κ1) is 115. The van der Waals surface area contributed by atoms with E-state index in [-0.39, 0.29) is 65.1 Å². The standard InChI is InChI=1S/C13H18O.C12H12O.6C12H14O.3C12H16O/c1-10-6-5-7-11(8-12(10)14)9-13(2,3)4;1-8-3-2-4-9(5-11(8)13)12-6-10(12)7-12;4*1-8-4-3-5-10(7-12(8)13)11-6-9(11)2;1-9-4-3-5-10(8-11(9)13)12(2)6-7-12;1-9-4-2-7-11(8-12(9)13)10-5-3-6-10;1-9(2)7-11-6-4-5-10(3)12(13)8-11;2*1-4-9(2)11-7-5-6-10(3)12(13)8-11/h5-8H,9H2,1-4H3;2-5,10H,6-7H2,1H3;4*3-5,7,9,11H,6H2,1-2H3;3-5,8H,6-7H2,1-2H3;2,4,7-8,10H,3,5-6H2,1H3;4-6,8-9H,7H2,1-3H3;2*5-9H,4H2,1-3H3/t;;4*9-,11?;;;;2*9-/m..1100...10/s1. The average Bonchev–Trinajstić information content (AvgIpc) is 1.50. The van der Waals surface area contributed by atoms with Crippen LogP contribution in [-0.2, 0) is 23.7 Å². The third-order valence-corrected chi connectivity index (χ3v) is 30.0. The van der Waals surface area contributed by atoms with Gasteiger partial charge in [-0.25, -0.2) is 0 Å². The van der Waals surface area contributed by atoms with Crippen molar-refractivity contribution in [3.05, 3.63) is 502 Å². The minimum atomic E-state index is 0.134. The van der Waals surface area contributed by atoms with Gasteiger partial charge in [0.2, 0.25) is 0 Å². The third kappa shape index (κ3) is 36.8. The van der Waals surface area contributed by atoms with Crippen LogP contribution in [0.5, 0.6) is 0 Å². The zero-order valence-electron chi connectivity index (χ0n) is 91.0. The lowest BCUT2D eigenvalue weighted by atomic mass is 9.80. The third-order valence-electron chi connectivity index (χ3n) is 30.0. The summed E-state index contributed by atoms with van der Waals surface area (Å²) in [6, 6.07) is 84.7. The molecule has 11 aromatic carbocycles. The summed E-state index contributed by atoms with van der Waals surface area (Å²) >= 11 is 0. The SMILES string of the molecule is CC[C@@H](C)c1cccc(C)c(=O)c1.CC[C@H](C)c1cccc(C)c(=O)c1.Cc1cccc(C2(C)CC2)cc1=O.Cc1cccc(C23CC2C3)cc1=O.Cc1cccc(C2CCC2)cc1=O.Cc1cccc(C2C[C@@H]2C)cc1=O.Cc1cccc(C2C[C@@H]2C)cc1=O.Cc1cccc(C2C[C@H]2C)cc1=O.Cc1cccc(C2C[C@H]2C)cc1=O.Cc1cccc(CC(C)(C)C)cc1=O.Cc1cccc(CC(C)C)cc1=O. The lowest BCUT2D eigenvalue weighted by molar-refractivity contribution is 0.411. The van der Waals surface area contributed by atoms with Crippen molar-refractivity contribution in [3.8, 4) is 0 Å². The highest BCUT2D eigenvalue weighted by atomic mass is 16.1. The lowest BCUT2D eigenvalue weighted by Gasteiger charge is -2.24. The van der Waals surface area contributed by atoms with Gasteiger partial charge in [-0.3, -0.25) is 52.7 Å². The normalized spacial score (nSPS) is 19.8. The van der Waals surface area contributed by atoms with E-state index in [1.165, 1.54) is 110 Å². The fourth-order valence-electron chi connectivity index (χ4n) is 17.5. The monoisotopic (exact) mass is 1940 g/mol. The maximum absolute atomic E-state index is 11.5. The Bertz CT molecular complexity index is 6220. The molecule has 0 saturated heterocycles. The van der Waals surface area contributed by atoms with Crippen LogP contribution in [0.3, 0.4) is 0 Å². The van der Waals surface area contributed by atoms with Crippen LogP contribution in [0.1, 0.15) is 344 Å². The molecule has 0 aromatic heterocycles. The summed E-state index contributed by atoms with van der Waals surface area (Å²) in [7, 11) is 0. The van der Waals surface area contributed by atoms with Crippen LogP contribution in [0.4, 0.5) is 0 Å². The van der Waals surface area contributed by atoms with Gasteiger partial charge in [-0.05, 0) is 448 Å². The summed E-state index contributed by atoms with van der Waals surface area (Å²) in [5.74, 6) is 8.72. The summed E-state index contributed by atoms with van der Waals surface area (Å²) in [6.45, 7) is 51.0. The van der Waals surface area contributed by atoms with E-state index in [4.69, 9.17) is 0 Å². The molecule has 0 N–H and O–H groups in total. The largest absolute Gasteiger partial charge is 0.290 e. The van der Waals surface area contributed by atoms with E-state index < -0.39 is 0 Å². The molecule has 11 nitrogen and oxygen atoms in total. The second-order valence-electron chi connectivity index (χ2n) is 44.6. The van der Waals surface area contributed by atoms with Gasteiger partial charge in [0.05, 0.1) is 0 Å². The Labute approximate surface area is 858 Å². The highest BCUT2D eigenvalue weighted by molar-refractivity contribution is 5.44. The van der Waals surface area contributed by atoms with Crippen molar-refractivity contribution < 1.29 is 0 Å². The molecule has 11 aromatic rings. The van der Waals surface area contributed by atoms with Crippen molar-refractivity contribution in [2.24, 2.45) is 40.9 Å². The first-order chi connectivity index (χ1) is 68.1. The molecule has 4 unspecified atom stereocenters. The quantitative estimate of drug-likeness (QED) is 0.101. The minimum absolute atomic E-state index is 0.134. The van der Waals surface area contributed by atoms with Gasteiger partial charge in [-0.1, -0.05) is 304 Å². The summed E-state index contributed by atoms with van der Waals surface area (Å²) in [5, 5.41) is 0. The maximum Gasteiger partial charge on any atom is 0.181 e. The van der Waals surface area contributed by atoms with Crippen molar-refractivity contribution in [2.75, 3.05) is 0 Å². The summed E-state index contributed by atoms with van der Waals surface area (Å²) in [6.07, 6.45) is 17.9. The molecule has 8 fully saturated rings. The van der Waals surface area contributed by atoms with Crippen molar-refractivity contribution >= 4 is 0 Å². The average molecular weight is 1940 g/mol. The van der Waals surface area contributed by atoms with Gasteiger partial charge in [-0.15, -0.1) is 0 Å². The van der Waals surface area contributed by atoms with Gasteiger partial charge in [0.1, 0.15) is 0 Å².